The van der Waals surface area contributed by atoms with E-state index in [1.807, 2.05) is 19.1 Å². The first-order valence-corrected chi connectivity index (χ1v) is 11.3. The van der Waals surface area contributed by atoms with Crippen molar-refractivity contribution in [2.45, 2.75) is 43.9 Å². The summed E-state index contributed by atoms with van der Waals surface area (Å²) in [4.78, 5) is 12.8. The van der Waals surface area contributed by atoms with Crippen molar-refractivity contribution >= 4 is 33.0 Å². The number of benzene rings is 1. The van der Waals surface area contributed by atoms with Crippen LogP contribution in [0.25, 0.3) is 0 Å². The minimum absolute atomic E-state index is 0.0317. The van der Waals surface area contributed by atoms with E-state index in [1.165, 1.54) is 25.3 Å². The van der Waals surface area contributed by atoms with Crippen LogP contribution in [0, 0.1) is 12.8 Å². The van der Waals surface area contributed by atoms with Gasteiger partial charge in [0.05, 0.1) is 0 Å². The van der Waals surface area contributed by atoms with Crippen LogP contribution in [0.2, 0.25) is 0 Å². The maximum atomic E-state index is 12.7. The first kappa shape index (κ1) is 18.9. The Morgan fingerprint density at radius 2 is 1.81 bits per heavy atom. The first-order valence-electron chi connectivity index (χ1n) is 8.91. The maximum absolute atomic E-state index is 12.7. The van der Waals surface area contributed by atoms with Gasteiger partial charge in [-0.15, -0.1) is 11.3 Å². The van der Waals surface area contributed by atoms with E-state index in [1.54, 1.807) is 17.5 Å². The third-order valence-corrected chi connectivity index (χ3v) is 7.17. The average molecular weight is 393 g/mol. The molecule has 1 aromatic carbocycles. The van der Waals surface area contributed by atoms with Gasteiger partial charge in [-0.2, -0.15) is 0 Å². The summed E-state index contributed by atoms with van der Waals surface area (Å²) in [5.41, 5.74) is 1.53. The molecule has 0 saturated heterocycles. The smallest absolute Gasteiger partial charge is 0.263 e. The van der Waals surface area contributed by atoms with Gasteiger partial charge in [0.25, 0.3) is 15.9 Å². The van der Waals surface area contributed by atoms with Gasteiger partial charge in [-0.25, -0.2) is 8.42 Å². The Labute approximate surface area is 158 Å². The summed E-state index contributed by atoms with van der Waals surface area (Å²) in [6, 6.07) is 8.58. The van der Waals surface area contributed by atoms with Gasteiger partial charge in [-0.05, 0) is 49.3 Å². The summed E-state index contributed by atoms with van der Waals surface area (Å²) in [5, 5.41) is 4.56. The largest absolute Gasteiger partial charge is 0.351 e. The molecule has 1 aliphatic carbocycles. The lowest BCUT2D eigenvalue weighted by Crippen LogP contribution is -2.30. The third-order valence-electron chi connectivity index (χ3n) is 4.70. The molecule has 26 heavy (non-hydrogen) atoms. The second-order valence-electron chi connectivity index (χ2n) is 6.80. The van der Waals surface area contributed by atoms with Crippen LogP contribution >= 0.6 is 11.3 Å². The second-order valence-corrected chi connectivity index (χ2v) is 9.37. The van der Waals surface area contributed by atoms with Crippen molar-refractivity contribution in [1.82, 2.24) is 5.32 Å². The van der Waals surface area contributed by atoms with Crippen molar-refractivity contribution in [3.63, 3.8) is 0 Å². The van der Waals surface area contributed by atoms with Crippen LogP contribution in [-0.2, 0) is 10.0 Å². The van der Waals surface area contributed by atoms with E-state index >= 15 is 0 Å². The van der Waals surface area contributed by atoms with Crippen LogP contribution in [0.3, 0.4) is 0 Å². The highest BCUT2D eigenvalue weighted by molar-refractivity contribution is 7.93. The molecule has 2 aromatic rings. The Morgan fingerprint density at radius 1 is 1.12 bits per heavy atom. The molecule has 0 aliphatic heterocycles. The van der Waals surface area contributed by atoms with E-state index in [0.29, 0.717) is 18.2 Å². The number of sulfonamides is 1. The molecule has 0 unspecified atom stereocenters. The summed E-state index contributed by atoms with van der Waals surface area (Å²) >= 11 is 1.15. The molecule has 0 spiro atoms. The normalized spacial score (nSPS) is 15.6. The fraction of sp³-hybridized carbons (Fsp3) is 0.421. The molecular weight excluding hydrogens is 368 g/mol. The number of hydrogen-bond acceptors (Lipinski definition) is 4. The zero-order valence-electron chi connectivity index (χ0n) is 14.8. The number of nitrogens with one attached hydrogen (secondary N) is 2. The molecule has 0 bridgehead atoms. The lowest BCUT2D eigenvalue weighted by atomic mass is 9.89. The molecule has 140 valence electrons. The quantitative estimate of drug-likeness (QED) is 0.775. The molecule has 0 atom stereocenters. The standard InChI is InChI=1S/C19H24N2O3S2/c1-14-7-9-16(10-8-14)21-26(23,24)17-11-12-25-18(17)19(22)20-13-15-5-3-2-4-6-15/h7-12,15,21H,2-6,13H2,1H3,(H,20,22). The zero-order chi connectivity index (χ0) is 18.6. The van der Waals surface area contributed by atoms with Crippen molar-refractivity contribution in [3.05, 3.63) is 46.2 Å². The van der Waals surface area contributed by atoms with E-state index in [4.69, 9.17) is 0 Å². The fourth-order valence-corrected chi connectivity index (χ4v) is 5.62. The summed E-state index contributed by atoms with van der Waals surface area (Å²) in [5.74, 6) is 0.188. The van der Waals surface area contributed by atoms with Crippen molar-refractivity contribution in [3.8, 4) is 0 Å². The van der Waals surface area contributed by atoms with Crippen molar-refractivity contribution < 1.29 is 13.2 Å². The van der Waals surface area contributed by atoms with Gasteiger partial charge in [0, 0.05) is 12.2 Å². The van der Waals surface area contributed by atoms with Crippen molar-refractivity contribution in [2.24, 2.45) is 5.92 Å². The SMILES string of the molecule is Cc1ccc(NS(=O)(=O)c2ccsc2C(=O)NCC2CCCCC2)cc1. The number of amides is 1. The van der Waals surface area contributed by atoms with Crippen molar-refractivity contribution in [1.29, 1.82) is 0 Å². The number of carbonyl (C=O) groups is 1. The molecule has 1 aromatic heterocycles. The highest BCUT2D eigenvalue weighted by atomic mass is 32.2. The minimum atomic E-state index is -3.80. The van der Waals surface area contributed by atoms with E-state index in [9.17, 15) is 13.2 Å². The molecule has 1 fully saturated rings. The van der Waals surface area contributed by atoms with Gasteiger partial charge >= 0.3 is 0 Å². The number of carbonyl (C=O) groups excluding carboxylic acids is 1. The van der Waals surface area contributed by atoms with Gasteiger partial charge < -0.3 is 5.32 Å². The van der Waals surface area contributed by atoms with Gasteiger partial charge in [0.2, 0.25) is 0 Å². The Hall–Kier alpha value is -1.86. The van der Waals surface area contributed by atoms with Crippen LogP contribution in [0.15, 0.2) is 40.6 Å². The van der Waals surface area contributed by atoms with Gasteiger partial charge in [0.1, 0.15) is 9.77 Å². The summed E-state index contributed by atoms with van der Waals surface area (Å²) in [6.07, 6.45) is 5.94. The molecule has 1 saturated carbocycles. The Morgan fingerprint density at radius 3 is 2.50 bits per heavy atom. The average Bonchev–Trinajstić information content (AvgIpc) is 3.13. The zero-order valence-corrected chi connectivity index (χ0v) is 16.5. The van der Waals surface area contributed by atoms with Crippen molar-refractivity contribution in [2.75, 3.05) is 11.3 Å². The Kier molecular flexibility index (Phi) is 5.98. The second kappa shape index (κ2) is 8.22. The lowest BCUT2D eigenvalue weighted by Gasteiger charge is -2.21. The number of anilines is 1. The van der Waals surface area contributed by atoms with Crippen LogP contribution < -0.4 is 10.0 Å². The Balaban J connectivity index is 1.69. The van der Waals surface area contributed by atoms with E-state index in [0.717, 1.165) is 29.7 Å². The number of hydrogen-bond donors (Lipinski definition) is 2. The van der Waals surface area contributed by atoms with Gasteiger partial charge in [-0.3, -0.25) is 9.52 Å². The molecule has 1 aliphatic rings. The first-order chi connectivity index (χ1) is 12.5. The highest BCUT2D eigenvalue weighted by Crippen LogP contribution is 2.26. The van der Waals surface area contributed by atoms with E-state index in [2.05, 4.69) is 10.0 Å². The van der Waals surface area contributed by atoms with Crippen LogP contribution in [0.1, 0.15) is 47.3 Å². The van der Waals surface area contributed by atoms with Crippen LogP contribution in [0.4, 0.5) is 5.69 Å². The molecule has 5 nitrogen and oxygen atoms in total. The van der Waals surface area contributed by atoms with Gasteiger partial charge in [0.15, 0.2) is 0 Å². The monoisotopic (exact) mass is 392 g/mol. The molecular formula is C19H24N2O3S2. The molecule has 1 amide bonds. The topological polar surface area (TPSA) is 75.3 Å². The van der Waals surface area contributed by atoms with Crippen LogP contribution in [0.5, 0.6) is 0 Å². The predicted octanol–water partition coefficient (Wildman–Crippen LogP) is 4.17. The third kappa shape index (κ3) is 4.65. The predicted molar refractivity (Wildman–Crippen MR) is 105 cm³/mol. The Bertz CT molecular complexity index is 851. The number of thiophene rings is 1. The highest BCUT2D eigenvalue weighted by Gasteiger charge is 2.25. The summed E-state index contributed by atoms with van der Waals surface area (Å²) in [6.45, 7) is 2.55. The summed E-state index contributed by atoms with van der Waals surface area (Å²) < 4.78 is 27.9. The van der Waals surface area contributed by atoms with E-state index in [-0.39, 0.29) is 15.7 Å². The minimum Gasteiger partial charge on any atom is -0.351 e. The van der Waals surface area contributed by atoms with E-state index < -0.39 is 10.0 Å². The molecule has 3 rings (SSSR count). The molecule has 1 heterocycles. The number of rotatable bonds is 6. The molecule has 7 heteroatoms. The number of aryl methyl sites for hydroxylation is 1. The molecule has 0 radical (unpaired) electrons. The lowest BCUT2D eigenvalue weighted by molar-refractivity contribution is 0.0944. The summed E-state index contributed by atoms with van der Waals surface area (Å²) in [7, 11) is -3.80. The van der Waals surface area contributed by atoms with Gasteiger partial charge in [-0.1, -0.05) is 37.0 Å². The fourth-order valence-electron chi connectivity index (χ4n) is 3.21. The molecule has 2 N–H and O–H groups in total. The van der Waals surface area contributed by atoms with Crippen LogP contribution in [-0.4, -0.2) is 20.9 Å². The maximum Gasteiger partial charge on any atom is 0.263 e.